The Morgan fingerprint density at radius 3 is 2.29 bits per heavy atom. The number of carbonyl (C=O) groups is 1. The van der Waals surface area contributed by atoms with Gasteiger partial charge in [-0.05, 0) is 30.5 Å². The Kier molecular flexibility index (Phi) is 4.81. The van der Waals surface area contributed by atoms with Crippen molar-refractivity contribution in [3.05, 3.63) is 34.9 Å². The lowest BCUT2D eigenvalue weighted by Gasteiger charge is -2.38. The molecule has 0 spiro atoms. The van der Waals surface area contributed by atoms with Gasteiger partial charge in [-0.3, -0.25) is 9.69 Å². The zero-order valence-electron chi connectivity index (χ0n) is 12.4. The molecule has 1 saturated heterocycles. The average molecular weight is 307 g/mol. The molecule has 1 saturated carbocycles. The summed E-state index contributed by atoms with van der Waals surface area (Å²) in [6.45, 7) is 3.83. The Morgan fingerprint density at radius 1 is 1.05 bits per heavy atom. The van der Waals surface area contributed by atoms with Crippen LogP contribution in [-0.4, -0.2) is 47.9 Å². The van der Waals surface area contributed by atoms with Crippen LogP contribution in [0.3, 0.4) is 0 Å². The third-order valence-corrected chi connectivity index (χ3v) is 5.03. The van der Waals surface area contributed by atoms with Crippen LogP contribution in [-0.2, 0) is 11.2 Å². The Labute approximate surface area is 131 Å². The van der Waals surface area contributed by atoms with Crippen molar-refractivity contribution in [1.82, 2.24) is 9.80 Å². The summed E-state index contributed by atoms with van der Waals surface area (Å²) in [6, 6.07) is 8.35. The van der Waals surface area contributed by atoms with E-state index in [9.17, 15) is 4.79 Å². The predicted molar refractivity (Wildman–Crippen MR) is 85.6 cm³/mol. The number of halogens is 1. The van der Waals surface area contributed by atoms with Crippen molar-refractivity contribution in [3.63, 3.8) is 0 Å². The van der Waals surface area contributed by atoms with Crippen molar-refractivity contribution in [1.29, 1.82) is 0 Å². The van der Waals surface area contributed by atoms with Crippen LogP contribution in [0.5, 0.6) is 0 Å². The molecule has 114 valence electrons. The van der Waals surface area contributed by atoms with Crippen molar-refractivity contribution in [2.45, 2.75) is 38.1 Å². The molecule has 1 aromatic rings. The van der Waals surface area contributed by atoms with Crippen molar-refractivity contribution in [2.75, 3.05) is 26.2 Å². The highest BCUT2D eigenvalue weighted by molar-refractivity contribution is 6.30. The molecule has 1 aliphatic heterocycles. The monoisotopic (exact) mass is 306 g/mol. The second-order valence-electron chi connectivity index (χ2n) is 6.16. The first kappa shape index (κ1) is 14.9. The number of hydrogen-bond acceptors (Lipinski definition) is 2. The predicted octanol–water partition coefficient (Wildman–Crippen LogP) is 2.97. The van der Waals surface area contributed by atoms with Crippen LogP contribution in [0.1, 0.15) is 31.2 Å². The molecule has 0 N–H and O–H groups in total. The minimum atomic E-state index is 0.239. The molecule has 1 aliphatic carbocycles. The second-order valence-corrected chi connectivity index (χ2v) is 6.59. The Hall–Kier alpha value is -1.06. The molecular weight excluding hydrogens is 284 g/mol. The minimum absolute atomic E-state index is 0.239. The van der Waals surface area contributed by atoms with Gasteiger partial charge in [0.25, 0.3) is 0 Å². The first-order valence-corrected chi connectivity index (χ1v) is 8.36. The van der Waals surface area contributed by atoms with Gasteiger partial charge in [-0.25, -0.2) is 0 Å². The molecule has 1 amide bonds. The van der Waals surface area contributed by atoms with Crippen molar-refractivity contribution >= 4 is 17.5 Å². The number of rotatable bonds is 3. The van der Waals surface area contributed by atoms with E-state index in [0.717, 1.165) is 42.8 Å². The molecule has 0 radical (unpaired) electrons. The molecule has 1 aromatic carbocycles. The third kappa shape index (κ3) is 3.78. The first-order chi connectivity index (χ1) is 10.2. The summed E-state index contributed by atoms with van der Waals surface area (Å²) in [5.74, 6) is 0.239. The van der Waals surface area contributed by atoms with E-state index >= 15 is 0 Å². The summed E-state index contributed by atoms with van der Waals surface area (Å²) in [6.07, 6.45) is 5.93. The van der Waals surface area contributed by atoms with Crippen LogP contribution < -0.4 is 0 Å². The molecule has 21 heavy (non-hydrogen) atoms. The lowest BCUT2D eigenvalue weighted by atomic mass is 10.1. The van der Waals surface area contributed by atoms with Gasteiger partial charge in [-0.1, -0.05) is 36.6 Å². The molecule has 4 heteroatoms. The van der Waals surface area contributed by atoms with E-state index in [2.05, 4.69) is 4.90 Å². The molecule has 2 fully saturated rings. The van der Waals surface area contributed by atoms with Gasteiger partial charge in [0, 0.05) is 37.2 Å². The molecule has 0 unspecified atom stereocenters. The highest BCUT2D eigenvalue weighted by Gasteiger charge is 2.27. The minimum Gasteiger partial charge on any atom is -0.340 e. The van der Waals surface area contributed by atoms with Gasteiger partial charge < -0.3 is 4.90 Å². The molecular formula is C17H23ClN2O. The lowest BCUT2D eigenvalue weighted by molar-refractivity contribution is -0.132. The van der Waals surface area contributed by atoms with E-state index < -0.39 is 0 Å². The maximum absolute atomic E-state index is 12.4. The summed E-state index contributed by atoms with van der Waals surface area (Å²) in [5.41, 5.74) is 1.04. The number of hydrogen-bond donors (Lipinski definition) is 0. The van der Waals surface area contributed by atoms with Crippen LogP contribution in [0.4, 0.5) is 0 Å². The van der Waals surface area contributed by atoms with Crippen molar-refractivity contribution in [2.24, 2.45) is 0 Å². The number of benzene rings is 1. The molecule has 2 aliphatic rings. The van der Waals surface area contributed by atoms with Crippen LogP contribution in [0.15, 0.2) is 24.3 Å². The fraction of sp³-hybridized carbons (Fsp3) is 0.588. The van der Waals surface area contributed by atoms with Gasteiger partial charge in [0.2, 0.25) is 5.91 Å². The van der Waals surface area contributed by atoms with Crippen LogP contribution >= 0.6 is 11.6 Å². The topological polar surface area (TPSA) is 23.6 Å². The average Bonchev–Trinajstić information content (AvgIpc) is 3.04. The third-order valence-electron chi connectivity index (χ3n) is 4.78. The standard InChI is InChI=1S/C17H23ClN2O/c18-15-7-5-14(6-8-15)13-17(21)20-11-9-19(10-12-20)16-3-1-2-4-16/h5-8,16H,1-4,9-13H2. The summed E-state index contributed by atoms with van der Waals surface area (Å²) < 4.78 is 0. The lowest BCUT2D eigenvalue weighted by Crippen LogP contribution is -2.51. The van der Waals surface area contributed by atoms with Crippen LogP contribution in [0.2, 0.25) is 5.02 Å². The van der Waals surface area contributed by atoms with Gasteiger partial charge in [-0.15, -0.1) is 0 Å². The zero-order chi connectivity index (χ0) is 14.7. The van der Waals surface area contributed by atoms with Gasteiger partial charge in [0.05, 0.1) is 6.42 Å². The summed E-state index contributed by atoms with van der Waals surface area (Å²) in [7, 11) is 0. The number of carbonyl (C=O) groups excluding carboxylic acids is 1. The van der Waals surface area contributed by atoms with E-state index in [0.29, 0.717) is 6.42 Å². The van der Waals surface area contributed by atoms with Gasteiger partial charge >= 0.3 is 0 Å². The second kappa shape index (κ2) is 6.80. The maximum atomic E-state index is 12.4. The highest BCUT2D eigenvalue weighted by atomic mass is 35.5. The smallest absolute Gasteiger partial charge is 0.227 e. The van der Waals surface area contributed by atoms with E-state index in [1.165, 1.54) is 25.7 Å². The van der Waals surface area contributed by atoms with E-state index in [-0.39, 0.29) is 5.91 Å². The van der Waals surface area contributed by atoms with Crippen LogP contribution in [0.25, 0.3) is 0 Å². The first-order valence-electron chi connectivity index (χ1n) is 7.98. The fourth-order valence-corrected chi connectivity index (χ4v) is 3.62. The number of amides is 1. The number of nitrogens with zero attached hydrogens (tertiary/aromatic N) is 2. The molecule has 0 atom stereocenters. The van der Waals surface area contributed by atoms with Gasteiger partial charge in [0.15, 0.2) is 0 Å². The largest absolute Gasteiger partial charge is 0.340 e. The van der Waals surface area contributed by atoms with Crippen LogP contribution in [0, 0.1) is 0 Å². The molecule has 0 bridgehead atoms. The van der Waals surface area contributed by atoms with E-state index in [1.807, 2.05) is 29.2 Å². The zero-order valence-corrected chi connectivity index (χ0v) is 13.2. The Morgan fingerprint density at radius 2 is 1.67 bits per heavy atom. The normalized spacial score (nSPS) is 20.9. The Bertz CT molecular complexity index is 474. The number of piperazine rings is 1. The maximum Gasteiger partial charge on any atom is 0.227 e. The molecule has 0 aromatic heterocycles. The van der Waals surface area contributed by atoms with Gasteiger partial charge in [0.1, 0.15) is 0 Å². The fourth-order valence-electron chi connectivity index (χ4n) is 3.49. The van der Waals surface area contributed by atoms with Crippen molar-refractivity contribution < 1.29 is 4.79 Å². The van der Waals surface area contributed by atoms with E-state index in [4.69, 9.17) is 11.6 Å². The molecule has 1 heterocycles. The van der Waals surface area contributed by atoms with E-state index in [1.54, 1.807) is 0 Å². The summed E-state index contributed by atoms with van der Waals surface area (Å²) >= 11 is 5.87. The SMILES string of the molecule is O=C(Cc1ccc(Cl)cc1)N1CCN(C2CCCC2)CC1. The highest BCUT2D eigenvalue weighted by Crippen LogP contribution is 2.24. The molecule has 3 nitrogen and oxygen atoms in total. The summed E-state index contributed by atoms with van der Waals surface area (Å²) in [5, 5.41) is 0.719. The Balaban J connectivity index is 1.49. The quantitative estimate of drug-likeness (QED) is 0.857. The summed E-state index contributed by atoms with van der Waals surface area (Å²) in [4.78, 5) is 17.0. The van der Waals surface area contributed by atoms with Gasteiger partial charge in [-0.2, -0.15) is 0 Å². The van der Waals surface area contributed by atoms with Crippen molar-refractivity contribution in [3.8, 4) is 0 Å². The molecule has 3 rings (SSSR count).